The molecule has 3 heterocycles. The summed E-state index contributed by atoms with van der Waals surface area (Å²) in [6, 6.07) is 5.48. The average Bonchev–Trinajstić information content (AvgIpc) is 3.17. The molecule has 3 rings (SSSR count). The van der Waals surface area contributed by atoms with Crippen molar-refractivity contribution in [3.63, 3.8) is 0 Å². The minimum absolute atomic E-state index is 0.00643. The number of piperidine rings is 1. The number of nitrogens with zero attached hydrogens (tertiary/aromatic N) is 4. The lowest BCUT2D eigenvalue weighted by Gasteiger charge is -2.33. The van der Waals surface area contributed by atoms with Crippen LogP contribution in [0, 0.1) is 11.8 Å². The standard InChI is InChI=1S/C20H27N5O2/c1-14(2)13-24(3)19(26)16-6-10-25(11-7-16)20(27)18-12-17(22-23-18)15-4-8-21-9-5-15/h4-5,8-9,12,14,16H,6-7,10-11,13H2,1-3H3,(H,22,23). The summed E-state index contributed by atoms with van der Waals surface area (Å²) in [5.41, 5.74) is 2.11. The van der Waals surface area contributed by atoms with E-state index >= 15 is 0 Å². The predicted octanol–water partition coefficient (Wildman–Crippen LogP) is 2.44. The van der Waals surface area contributed by atoms with Crippen molar-refractivity contribution in [3.8, 4) is 11.3 Å². The van der Waals surface area contributed by atoms with Crippen molar-refractivity contribution in [3.05, 3.63) is 36.3 Å². The first-order valence-corrected chi connectivity index (χ1v) is 9.45. The highest BCUT2D eigenvalue weighted by Gasteiger charge is 2.30. The van der Waals surface area contributed by atoms with Crippen LogP contribution in [0.15, 0.2) is 30.6 Å². The van der Waals surface area contributed by atoms with Crippen molar-refractivity contribution in [1.29, 1.82) is 0 Å². The van der Waals surface area contributed by atoms with Gasteiger partial charge in [0.2, 0.25) is 5.91 Å². The minimum Gasteiger partial charge on any atom is -0.345 e. The number of likely N-dealkylation sites (tertiary alicyclic amines) is 1. The van der Waals surface area contributed by atoms with Crippen LogP contribution in [0.4, 0.5) is 0 Å². The van der Waals surface area contributed by atoms with Gasteiger partial charge in [-0.15, -0.1) is 0 Å². The third kappa shape index (κ3) is 4.53. The zero-order chi connectivity index (χ0) is 19.4. The van der Waals surface area contributed by atoms with E-state index in [0.717, 1.165) is 17.8 Å². The zero-order valence-electron chi connectivity index (χ0n) is 16.2. The Hall–Kier alpha value is -2.70. The predicted molar refractivity (Wildman–Crippen MR) is 103 cm³/mol. The van der Waals surface area contributed by atoms with Crippen LogP contribution in [0.1, 0.15) is 37.2 Å². The minimum atomic E-state index is -0.0655. The first-order chi connectivity index (χ1) is 13.0. The molecule has 7 nitrogen and oxygen atoms in total. The molecular formula is C20H27N5O2. The Bertz CT molecular complexity index is 779. The van der Waals surface area contributed by atoms with Crippen molar-refractivity contribution >= 4 is 11.8 Å². The summed E-state index contributed by atoms with van der Waals surface area (Å²) in [4.78, 5) is 32.9. The lowest BCUT2D eigenvalue weighted by molar-refractivity contribution is -0.136. The monoisotopic (exact) mass is 369 g/mol. The lowest BCUT2D eigenvalue weighted by atomic mass is 9.95. The number of carbonyl (C=O) groups is 2. The number of aromatic amines is 1. The highest BCUT2D eigenvalue weighted by molar-refractivity contribution is 5.93. The van der Waals surface area contributed by atoms with Gasteiger partial charge in [0.25, 0.3) is 5.91 Å². The SMILES string of the molecule is CC(C)CN(C)C(=O)C1CCN(C(=O)c2cc(-c3ccncc3)n[nH]2)CC1. The van der Waals surface area contributed by atoms with Gasteiger partial charge in [-0.05, 0) is 37.0 Å². The van der Waals surface area contributed by atoms with E-state index in [1.807, 2.05) is 24.1 Å². The fraction of sp³-hybridized carbons (Fsp3) is 0.500. The molecule has 1 saturated heterocycles. The number of nitrogens with one attached hydrogen (secondary N) is 1. The summed E-state index contributed by atoms with van der Waals surface area (Å²) in [6.07, 6.45) is 4.81. The Morgan fingerprint density at radius 1 is 1.26 bits per heavy atom. The maximum absolute atomic E-state index is 12.7. The van der Waals surface area contributed by atoms with E-state index in [4.69, 9.17) is 0 Å². The number of pyridine rings is 1. The number of carbonyl (C=O) groups excluding carboxylic acids is 2. The largest absolute Gasteiger partial charge is 0.345 e. The van der Waals surface area contributed by atoms with Gasteiger partial charge in [0, 0.05) is 50.6 Å². The molecule has 1 aliphatic rings. The van der Waals surface area contributed by atoms with Crippen molar-refractivity contribution < 1.29 is 9.59 Å². The number of hydrogen-bond acceptors (Lipinski definition) is 4. The molecule has 2 amide bonds. The Labute approximate surface area is 159 Å². The lowest BCUT2D eigenvalue weighted by Crippen LogP contribution is -2.44. The summed E-state index contributed by atoms with van der Waals surface area (Å²) in [5.74, 6) is 0.587. The van der Waals surface area contributed by atoms with E-state index in [9.17, 15) is 9.59 Å². The first kappa shape index (κ1) is 19.1. The molecule has 0 bridgehead atoms. The Balaban J connectivity index is 1.57. The second-order valence-electron chi connectivity index (χ2n) is 7.58. The molecule has 2 aromatic heterocycles. The summed E-state index contributed by atoms with van der Waals surface area (Å²) < 4.78 is 0. The molecule has 2 aromatic rings. The fourth-order valence-corrected chi connectivity index (χ4v) is 3.55. The van der Waals surface area contributed by atoms with Gasteiger partial charge in [-0.3, -0.25) is 19.7 Å². The van der Waals surface area contributed by atoms with Crippen LogP contribution in [0.3, 0.4) is 0 Å². The van der Waals surface area contributed by atoms with E-state index in [2.05, 4.69) is 29.0 Å². The van der Waals surface area contributed by atoms with Crippen molar-refractivity contribution in [1.82, 2.24) is 25.0 Å². The maximum Gasteiger partial charge on any atom is 0.271 e. The molecule has 0 radical (unpaired) electrons. The van der Waals surface area contributed by atoms with Crippen LogP contribution >= 0.6 is 0 Å². The molecule has 0 aromatic carbocycles. The van der Waals surface area contributed by atoms with Gasteiger partial charge < -0.3 is 9.80 Å². The highest BCUT2D eigenvalue weighted by atomic mass is 16.2. The first-order valence-electron chi connectivity index (χ1n) is 9.45. The van der Waals surface area contributed by atoms with E-state index < -0.39 is 0 Å². The molecule has 0 saturated carbocycles. The topological polar surface area (TPSA) is 82.2 Å². The van der Waals surface area contributed by atoms with Gasteiger partial charge in [-0.25, -0.2) is 0 Å². The second kappa shape index (κ2) is 8.33. The van der Waals surface area contributed by atoms with Crippen molar-refractivity contribution in [2.45, 2.75) is 26.7 Å². The average molecular weight is 369 g/mol. The van der Waals surface area contributed by atoms with Crippen LogP contribution in [-0.2, 0) is 4.79 Å². The van der Waals surface area contributed by atoms with Crippen LogP contribution in [0.2, 0.25) is 0 Å². The maximum atomic E-state index is 12.7. The number of H-pyrrole nitrogens is 1. The molecule has 144 valence electrons. The van der Waals surface area contributed by atoms with Crippen molar-refractivity contribution in [2.75, 3.05) is 26.7 Å². The number of rotatable bonds is 5. The highest BCUT2D eigenvalue weighted by Crippen LogP contribution is 2.22. The van der Waals surface area contributed by atoms with Crippen LogP contribution in [0.25, 0.3) is 11.3 Å². The summed E-state index contributed by atoms with van der Waals surface area (Å²) in [6.45, 7) is 6.16. The van der Waals surface area contributed by atoms with Crippen LogP contribution in [-0.4, -0.2) is 63.5 Å². The number of amides is 2. The summed E-state index contributed by atoms with van der Waals surface area (Å²) in [5, 5.41) is 7.07. The molecule has 1 N–H and O–H groups in total. The summed E-state index contributed by atoms with van der Waals surface area (Å²) >= 11 is 0. The smallest absolute Gasteiger partial charge is 0.271 e. The van der Waals surface area contributed by atoms with E-state index in [1.54, 1.807) is 23.4 Å². The molecule has 0 atom stereocenters. The quantitative estimate of drug-likeness (QED) is 0.878. The van der Waals surface area contributed by atoms with Gasteiger partial charge in [0.1, 0.15) is 5.69 Å². The third-order valence-electron chi connectivity index (χ3n) is 4.93. The van der Waals surface area contributed by atoms with Gasteiger partial charge in [0.05, 0.1) is 5.69 Å². The van der Waals surface area contributed by atoms with E-state index in [1.165, 1.54) is 0 Å². The van der Waals surface area contributed by atoms with E-state index in [-0.39, 0.29) is 17.7 Å². The molecule has 1 aliphatic heterocycles. The zero-order valence-corrected chi connectivity index (χ0v) is 16.2. The molecule has 0 unspecified atom stereocenters. The second-order valence-corrected chi connectivity index (χ2v) is 7.58. The molecule has 27 heavy (non-hydrogen) atoms. The molecule has 1 fully saturated rings. The van der Waals surface area contributed by atoms with Gasteiger partial charge >= 0.3 is 0 Å². The van der Waals surface area contributed by atoms with E-state index in [0.29, 0.717) is 37.5 Å². The van der Waals surface area contributed by atoms with Gasteiger partial charge in [0.15, 0.2) is 0 Å². The molecule has 7 heteroatoms. The molecular weight excluding hydrogens is 342 g/mol. The Kier molecular flexibility index (Phi) is 5.88. The third-order valence-corrected chi connectivity index (χ3v) is 4.93. The van der Waals surface area contributed by atoms with Crippen molar-refractivity contribution in [2.24, 2.45) is 11.8 Å². The Morgan fingerprint density at radius 2 is 1.93 bits per heavy atom. The normalized spacial score (nSPS) is 15.2. The fourth-order valence-electron chi connectivity index (χ4n) is 3.55. The van der Waals surface area contributed by atoms with Crippen LogP contribution in [0.5, 0.6) is 0 Å². The number of aromatic nitrogens is 3. The molecule has 0 aliphatic carbocycles. The Morgan fingerprint density at radius 3 is 2.56 bits per heavy atom. The van der Waals surface area contributed by atoms with Gasteiger partial charge in [-0.2, -0.15) is 5.10 Å². The van der Waals surface area contributed by atoms with Crippen LogP contribution < -0.4 is 0 Å². The number of hydrogen-bond donors (Lipinski definition) is 1. The molecule has 0 spiro atoms. The van der Waals surface area contributed by atoms with Gasteiger partial charge in [-0.1, -0.05) is 13.8 Å². The summed E-state index contributed by atoms with van der Waals surface area (Å²) in [7, 11) is 1.87.